The first-order chi connectivity index (χ1) is 9.84. The summed E-state index contributed by atoms with van der Waals surface area (Å²) in [6.07, 6.45) is -4.81. The summed E-state index contributed by atoms with van der Waals surface area (Å²) < 4.78 is 41.1. The van der Waals surface area contributed by atoms with Crippen LogP contribution in [0.5, 0.6) is 0 Å². The van der Waals surface area contributed by atoms with Crippen molar-refractivity contribution in [3.63, 3.8) is 0 Å². The highest BCUT2D eigenvalue weighted by atomic mass is 19.4. The van der Waals surface area contributed by atoms with Crippen molar-refractivity contribution in [1.82, 2.24) is 5.32 Å². The second kappa shape index (κ2) is 7.63. The zero-order valence-electron chi connectivity index (χ0n) is 11.3. The molecule has 116 valence electrons. The molecule has 0 unspecified atom stereocenters. The molecule has 8 heteroatoms. The molecule has 1 aromatic carbocycles. The largest absolute Gasteiger partial charge is 0.471 e. The molecule has 0 bridgehead atoms. The van der Waals surface area contributed by atoms with Crippen molar-refractivity contribution in [1.29, 1.82) is 0 Å². The Morgan fingerprint density at radius 3 is 2.52 bits per heavy atom. The van der Waals surface area contributed by atoms with Crippen LogP contribution in [0.2, 0.25) is 0 Å². The number of amides is 2. The number of rotatable bonds is 6. The van der Waals surface area contributed by atoms with Gasteiger partial charge in [0.1, 0.15) is 0 Å². The van der Waals surface area contributed by atoms with Gasteiger partial charge in [0.2, 0.25) is 5.91 Å². The second-order valence-corrected chi connectivity index (χ2v) is 4.13. The Balaban J connectivity index is 2.67. The molecule has 0 fully saturated rings. The quantitative estimate of drug-likeness (QED) is 0.842. The number of hydrogen-bond donors (Lipinski definition) is 2. The van der Waals surface area contributed by atoms with Gasteiger partial charge in [0.05, 0.1) is 13.0 Å². The third kappa shape index (κ3) is 5.82. The van der Waals surface area contributed by atoms with Crippen molar-refractivity contribution < 1.29 is 27.5 Å². The number of anilines is 1. The molecule has 0 aliphatic carbocycles. The van der Waals surface area contributed by atoms with E-state index in [0.29, 0.717) is 11.3 Å². The van der Waals surface area contributed by atoms with Crippen molar-refractivity contribution in [3.05, 3.63) is 29.8 Å². The highest BCUT2D eigenvalue weighted by Crippen LogP contribution is 2.17. The van der Waals surface area contributed by atoms with Crippen LogP contribution in [0.3, 0.4) is 0 Å². The minimum Gasteiger partial charge on any atom is -0.384 e. The van der Waals surface area contributed by atoms with Crippen LogP contribution in [0.25, 0.3) is 0 Å². The lowest BCUT2D eigenvalue weighted by Gasteiger charge is -2.12. The van der Waals surface area contributed by atoms with E-state index in [9.17, 15) is 22.8 Å². The van der Waals surface area contributed by atoms with Gasteiger partial charge in [0, 0.05) is 19.3 Å². The average Bonchev–Trinajstić information content (AvgIpc) is 2.42. The Morgan fingerprint density at radius 2 is 1.90 bits per heavy atom. The molecule has 0 aliphatic rings. The molecule has 0 saturated carbocycles. The molecule has 0 spiro atoms. The zero-order chi connectivity index (χ0) is 15.9. The van der Waals surface area contributed by atoms with Crippen LogP contribution in [0.1, 0.15) is 12.0 Å². The molecule has 1 aromatic rings. The summed E-state index contributed by atoms with van der Waals surface area (Å²) >= 11 is 0. The number of alkyl halides is 3. The van der Waals surface area contributed by atoms with E-state index in [1.807, 2.05) is 0 Å². The molecule has 0 aliphatic heterocycles. The van der Waals surface area contributed by atoms with E-state index in [2.05, 4.69) is 5.32 Å². The van der Waals surface area contributed by atoms with Crippen LogP contribution < -0.4 is 10.6 Å². The fraction of sp³-hybridized carbons (Fsp3) is 0.385. The minimum absolute atomic E-state index is 0.125. The summed E-state index contributed by atoms with van der Waals surface area (Å²) in [5, 5.41) is 4.31. The van der Waals surface area contributed by atoms with Crippen LogP contribution in [-0.4, -0.2) is 31.7 Å². The van der Waals surface area contributed by atoms with E-state index in [1.165, 1.54) is 13.2 Å². The molecule has 0 saturated heterocycles. The first-order valence-corrected chi connectivity index (χ1v) is 6.06. The van der Waals surface area contributed by atoms with Gasteiger partial charge in [0.15, 0.2) is 0 Å². The van der Waals surface area contributed by atoms with Crippen LogP contribution in [0.4, 0.5) is 18.9 Å². The molecule has 5 nitrogen and oxygen atoms in total. The summed E-state index contributed by atoms with van der Waals surface area (Å²) in [5.74, 6) is -2.35. The number of ether oxygens (including phenoxy) is 1. The maximum absolute atomic E-state index is 12.1. The molecule has 0 radical (unpaired) electrons. The molecule has 21 heavy (non-hydrogen) atoms. The maximum Gasteiger partial charge on any atom is 0.471 e. The Labute approximate surface area is 119 Å². The molecule has 0 atom stereocenters. The van der Waals surface area contributed by atoms with Gasteiger partial charge in [-0.25, -0.2) is 0 Å². The van der Waals surface area contributed by atoms with Gasteiger partial charge >= 0.3 is 12.1 Å². The van der Waals surface area contributed by atoms with Gasteiger partial charge in [-0.15, -0.1) is 0 Å². The lowest BCUT2D eigenvalue weighted by atomic mass is 10.1. The van der Waals surface area contributed by atoms with Crippen molar-refractivity contribution in [2.75, 3.05) is 19.0 Å². The van der Waals surface area contributed by atoms with Gasteiger partial charge in [-0.05, 0) is 11.6 Å². The second-order valence-electron chi connectivity index (χ2n) is 4.13. The van der Waals surface area contributed by atoms with E-state index >= 15 is 0 Å². The number of carbonyl (C=O) groups excluding carboxylic acids is 2. The standard InChI is InChI=1S/C13H15F3N2O3/c1-21-7-6-11(19)18-10-5-3-2-4-9(10)8-17-12(20)13(14,15)16/h2-5H,6-8H2,1H3,(H,17,20)(H,18,19). The third-order valence-electron chi connectivity index (χ3n) is 2.52. The first-order valence-electron chi connectivity index (χ1n) is 6.06. The monoisotopic (exact) mass is 304 g/mol. The van der Waals surface area contributed by atoms with Gasteiger partial charge in [-0.3, -0.25) is 9.59 Å². The predicted molar refractivity (Wildman–Crippen MR) is 69.5 cm³/mol. The summed E-state index contributed by atoms with van der Waals surface area (Å²) in [6.45, 7) is -0.0993. The number of para-hydroxylation sites is 1. The smallest absolute Gasteiger partial charge is 0.384 e. The number of halogens is 3. The van der Waals surface area contributed by atoms with Gasteiger partial charge in [0.25, 0.3) is 0 Å². The summed E-state index contributed by atoms with van der Waals surface area (Å²) in [5.41, 5.74) is 0.724. The number of methoxy groups -OCH3 is 1. The topological polar surface area (TPSA) is 67.4 Å². The Hall–Kier alpha value is -2.09. The average molecular weight is 304 g/mol. The number of benzene rings is 1. The van der Waals surface area contributed by atoms with Crippen LogP contribution in [0.15, 0.2) is 24.3 Å². The molecular weight excluding hydrogens is 289 g/mol. The Kier molecular flexibility index (Phi) is 6.16. The predicted octanol–water partition coefficient (Wildman–Crippen LogP) is 1.84. The fourth-order valence-electron chi connectivity index (χ4n) is 1.48. The summed E-state index contributed by atoms with van der Waals surface area (Å²) in [6, 6.07) is 6.28. The van der Waals surface area contributed by atoms with Crippen molar-refractivity contribution in [2.45, 2.75) is 19.1 Å². The lowest BCUT2D eigenvalue weighted by Crippen LogP contribution is -2.36. The van der Waals surface area contributed by atoms with Crippen molar-refractivity contribution in [3.8, 4) is 0 Å². The summed E-state index contributed by atoms with van der Waals surface area (Å²) in [7, 11) is 1.45. The molecule has 0 aromatic heterocycles. The fourth-order valence-corrected chi connectivity index (χ4v) is 1.48. The zero-order valence-corrected chi connectivity index (χ0v) is 11.3. The highest BCUT2D eigenvalue weighted by Gasteiger charge is 2.38. The lowest BCUT2D eigenvalue weighted by molar-refractivity contribution is -0.173. The third-order valence-corrected chi connectivity index (χ3v) is 2.52. The highest BCUT2D eigenvalue weighted by molar-refractivity contribution is 5.91. The van der Waals surface area contributed by atoms with Crippen LogP contribution in [-0.2, 0) is 20.9 Å². The molecular formula is C13H15F3N2O3. The maximum atomic E-state index is 12.1. The van der Waals surface area contributed by atoms with Gasteiger partial charge in [-0.1, -0.05) is 18.2 Å². The number of hydrogen-bond acceptors (Lipinski definition) is 3. The Morgan fingerprint density at radius 1 is 1.24 bits per heavy atom. The molecule has 0 heterocycles. The first kappa shape index (κ1) is 17.0. The van der Waals surface area contributed by atoms with Gasteiger partial charge < -0.3 is 15.4 Å². The van der Waals surface area contributed by atoms with Crippen molar-refractivity contribution >= 4 is 17.5 Å². The van der Waals surface area contributed by atoms with E-state index in [1.54, 1.807) is 23.5 Å². The van der Waals surface area contributed by atoms with E-state index in [0.717, 1.165) is 0 Å². The minimum atomic E-state index is -4.93. The molecule has 2 amide bonds. The Bertz CT molecular complexity index is 504. The van der Waals surface area contributed by atoms with E-state index < -0.39 is 12.1 Å². The summed E-state index contributed by atoms with van der Waals surface area (Å²) in [4.78, 5) is 22.3. The van der Waals surface area contributed by atoms with Gasteiger partial charge in [-0.2, -0.15) is 13.2 Å². The van der Waals surface area contributed by atoms with Crippen molar-refractivity contribution in [2.24, 2.45) is 0 Å². The van der Waals surface area contributed by atoms with Crippen LogP contribution >= 0.6 is 0 Å². The molecule has 1 rings (SSSR count). The molecule has 2 N–H and O–H groups in total. The van der Waals surface area contributed by atoms with Crippen LogP contribution in [0, 0.1) is 0 Å². The van der Waals surface area contributed by atoms with E-state index in [4.69, 9.17) is 4.74 Å². The number of nitrogens with one attached hydrogen (secondary N) is 2. The normalized spacial score (nSPS) is 11.0. The SMILES string of the molecule is COCCC(=O)Nc1ccccc1CNC(=O)C(F)(F)F. The number of carbonyl (C=O) groups is 2. The van der Waals surface area contributed by atoms with E-state index in [-0.39, 0.29) is 25.5 Å².